The number of hydrogen-bond acceptors (Lipinski definition) is 10. The van der Waals surface area contributed by atoms with E-state index in [4.69, 9.17) is 4.74 Å². The van der Waals surface area contributed by atoms with Crippen LogP contribution >= 0.6 is 0 Å². The molecule has 0 spiro atoms. The molecule has 1 aliphatic rings. The highest BCUT2D eigenvalue weighted by atomic mass is 19.4. The minimum absolute atomic E-state index is 0.0131. The van der Waals surface area contributed by atoms with Gasteiger partial charge in [-0.1, -0.05) is 13.0 Å². The first-order chi connectivity index (χ1) is 19.4. The van der Waals surface area contributed by atoms with Crippen LogP contribution in [0.3, 0.4) is 0 Å². The third kappa shape index (κ3) is 8.69. The van der Waals surface area contributed by atoms with Crippen molar-refractivity contribution in [2.24, 2.45) is 0 Å². The average Bonchev–Trinajstić information content (AvgIpc) is 2.92. The molecule has 0 aliphatic carbocycles. The second-order valence-corrected chi connectivity index (χ2v) is 9.41. The van der Waals surface area contributed by atoms with Gasteiger partial charge >= 0.3 is 18.4 Å². The summed E-state index contributed by atoms with van der Waals surface area (Å²) in [6, 6.07) is 5.31. The van der Waals surface area contributed by atoms with Crippen LogP contribution in [-0.2, 0) is 6.18 Å². The molecule has 2 N–H and O–H groups in total. The number of halogens is 6. The molecule has 16 heteroatoms. The fraction of sp³-hybridized carbons (Fsp3) is 0.480. The summed E-state index contributed by atoms with van der Waals surface area (Å²) in [5.41, 5.74) is -0.927. The van der Waals surface area contributed by atoms with Gasteiger partial charge in [-0.2, -0.15) is 46.3 Å². The Balaban J connectivity index is 1.46. The van der Waals surface area contributed by atoms with Crippen LogP contribution in [0.1, 0.15) is 31.7 Å². The first-order valence-corrected chi connectivity index (χ1v) is 12.8. The minimum Gasteiger partial charge on any atom is -0.454 e. The van der Waals surface area contributed by atoms with Gasteiger partial charge in [-0.05, 0) is 43.5 Å². The zero-order valence-corrected chi connectivity index (χ0v) is 22.3. The number of anilines is 5. The van der Waals surface area contributed by atoms with Gasteiger partial charge in [0.15, 0.2) is 6.61 Å². The summed E-state index contributed by atoms with van der Waals surface area (Å²) in [6.45, 7) is 2.50. The van der Waals surface area contributed by atoms with E-state index in [0.717, 1.165) is 30.9 Å². The lowest BCUT2D eigenvalue weighted by molar-refractivity contribution is -0.154. The summed E-state index contributed by atoms with van der Waals surface area (Å²) in [5.74, 6) is 1.06. The predicted octanol–water partition coefficient (Wildman–Crippen LogP) is 5.29. The number of ether oxygens (including phenoxy) is 1. The van der Waals surface area contributed by atoms with Gasteiger partial charge in [0, 0.05) is 44.6 Å². The number of rotatable bonds is 10. The molecule has 0 amide bonds. The van der Waals surface area contributed by atoms with Gasteiger partial charge in [0.25, 0.3) is 0 Å². The Bertz CT molecular complexity index is 1300. The summed E-state index contributed by atoms with van der Waals surface area (Å²) in [5, 5.41) is 5.68. The van der Waals surface area contributed by atoms with Crippen LogP contribution in [0.2, 0.25) is 0 Å². The first kappa shape index (κ1) is 29.9. The van der Waals surface area contributed by atoms with E-state index in [2.05, 4.69) is 47.4 Å². The third-order valence-corrected chi connectivity index (χ3v) is 6.11. The number of nitrogens with zero attached hydrogens (tertiary/aromatic N) is 7. The third-order valence-electron chi connectivity index (χ3n) is 6.11. The van der Waals surface area contributed by atoms with Gasteiger partial charge in [0.2, 0.25) is 17.8 Å². The molecular formula is C25H29F6N9O. The van der Waals surface area contributed by atoms with Gasteiger partial charge < -0.3 is 25.2 Å². The van der Waals surface area contributed by atoms with Crippen LogP contribution < -0.4 is 25.2 Å². The van der Waals surface area contributed by atoms with E-state index < -0.39 is 30.5 Å². The van der Waals surface area contributed by atoms with E-state index in [1.807, 2.05) is 18.0 Å². The van der Waals surface area contributed by atoms with Crippen molar-refractivity contribution < 1.29 is 31.1 Å². The zero-order chi connectivity index (χ0) is 29.6. The van der Waals surface area contributed by atoms with E-state index in [1.165, 1.54) is 12.1 Å². The molecule has 1 fully saturated rings. The van der Waals surface area contributed by atoms with E-state index in [9.17, 15) is 26.3 Å². The van der Waals surface area contributed by atoms with Crippen molar-refractivity contribution in [1.29, 1.82) is 0 Å². The van der Waals surface area contributed by atoms with Crippen molar-refractivity contribution in [3.63, 3.8) is 0 Å². The topological polar surface area (TPSA) is 104 Å². The van der Waals surface area contributed by atoms with Crippen LogP contribution in [-0.4, -0.2) is 70.4 Å². The fourth-order valence-corrected chi connectivity index (χ4v) is 4.16. The van der Waals surface area contributed by atoms with Gasteiger partial charge in [-0.3, -0.25) is 0 Å². The monoisotopic (exact) mass is 585 g/mol. The lowest BCUT2D eigenvalue weighted by atomic mass is 10.1. The summed E-state index contributed by atoms with van der Waals surface area (Å²) in [4.78, 5) is 25.0. The average molecular weight is 586 g/mol. The molecular weight excluding hydrogens is 556 g/mol. The minimum atomic E-state index is -4.64. The number of alkyl halides is 6. The van der Waals surface area contributed by atoms with Gasteiger partial charge in [-0.15, -0.1) is 0 Å². The van der Waals surface area contributed by atoms with Gasteiger partial charge in [0.1, 0.15) is 5.82 Å². The molecule has 10 nitrogen and oxygen atoms in total. The SMILES string of the molecule is CCCN(C)c1nccc(N2CCC(Nc3nc(Nc4cccc(C(F)(F)F)c4)nc(OCC(F)(F)F)n3)CC2)n1. The van der Waals surface area contributed by atoms with E-state index in [-0.39, 0.29) is 23.6 Å². The zero-order valence-electron chi connectivity index (χ0n) is 22.3. The smallest absolute Gasteiger partial charge is 0.422 e. The molecule has 0 radical (unpaired) electrons. The highest BCUT2D eigenvalue weighted by Crippen LogP contribution is 2.31. The van der Waals surface area contributed by atoms with Crippen LogP contribution in [0.25, 0.3) is 0 Å². The molecule has 2 aromatic heterocycles. The fourth-order valence-electron chi connectivity index (χ4n) is 4.16. The van der Waals surface area contributed by atoms with Gasteiger partial charge in [0.05, 0.1) is 5.56 Å². The molecule has 1 saturated heterocycles. The Morgan fingerprint density at radius 3 is 2.41 bits per heavy atom. The number of aromatic nitrogens is 5. The molecule has 0 atom stereocenters. The molecule has 1 aliphatic heterocycles. The van der Waals surface area contributed by atoms with E-state index in [0.29, 0.717) is 31.9 Å². The molecule has 41 heavy (non-hydrogen) atoms. The second kappa shape index (κ2) is 12.6. The van der Waals surface area contributed by atoms with Gasteiger partial charge in [-0.25, -0.2) is 4.98 Å². The van der Waals surface area contributed by atoms with Crippen LogP contribution in [0.5, 0.6) is 6.01 Å². The number of piperidine rings is 1. The highest BCUT2D eigenvalue weighted by molar-refractivity contribution is 5.56. The molecule has 0 saturated carbocycles. The Morgan fingerprint density at radius 2 is 1.73 bits per heavy atom. The van der Waals surface area contributed by atoms with Crippen LogP contribution in [0.15, 0.2) is 36.5 Å². The summed E-state index contributed by atoms with van der Waals surface area (Å²) in [6.07, 6.45) is -5.30. The maximum absolute atomic E-state index is 13.1. The van der Waals surface area contributed by atoms with Crippen molar-refractivity contribution in [2.45, 2.75) is 44.6 Å². The van der Waals surface area contributed by atoms with E-state index in [1.54, 1.807) is 6.20 Å². The lowest BCUT2D eigenvalue weighted by Crippen LogP contribution is -2.40. The quantitative estimate of drug-likeness (QED) is 0.305. The molecule has 4 rings (SSSR count). The van der Waals surface area contributed by atoms with Crippen molar-refractivity contribution in [2.75, 3.05) is 53.7 Å². The summed E-state index contributed by atoms with van der Waals surface area (Å²) in [7, 11) is 1.93. The molecule has 0 unspecified atom stereocenters. The largest absolute Gasteiger partial charge is 0.454 e. The Hall–Kier alpha value is -4.11. The maximum Gasteiger partial charge on any atom is 0.422 e. The second-order valence-electron chi connectivity index (χ2n) is 9.41. The molecule has 222 valence electrons. The number of benzene rings is 1. The van der Waals surface area contributed by atoms with Crippen molar-refractivity contribution >= 4 is 29.4 Å². The van der Waals surface area contributed by atoms with E-state index >= 15 is 0 Å². The molecule has 1 aromatic carbocycles. The van der Waals surface area contributed by atoms with Crippen LogP contribution in [0.4, 0.5) is 55.7 Å². The predicted molar refractivity (Wildman–Crippen MR) is 141 cm³/mol. The highest BCUT2D eigenvalue weighted by Gasteiger charge is 2.31. The van der Waals surface area contributed by atoms with Crippen LogP contribution in [0, 0.1) is 0 Å². The molecule has 0 bridgehead atoms. The Labute approximate surface area is 232 Å². The first-order valence-electron chi connectivity index (χ1n) is 12.8. The van der Waals surface area contributed by atoms with Crippen molar-refractivity contribution in [3.05, 3.63) is 42.1 Å². The Morgan fingerprint density at radius 1 is 1.00 bits per heavy atom. The normalized spacial score (nSPS) is 14.6. The molecule has 3 aromatic rings. The van der Waals surface area contributed by atoms with Crippen molar-refractivity contribution in [3.8, 4) is 6.01 Å². The van der Waals surface area contributed by atoms with Crippen molar-refractivity contribution in [1.82, 2.24) is 24.9 Å². The number of nitrogens with one attached hydrogen (secondary N) is 2. The summed E-state index contributed by atoms with van der Waals surface area (Å²) < 4.78 is 82.3. The standard InChI is InChI=1S/C25H29F6N9O/c1-3-11-39(2)22-32-10-7-19(35-22)40-12-8-17(9-13-40)33-20-36-21(38-23(37-20)41-15-24(26,27)28)34-18-6-4-5-16(14-18)25(29,30)31/h4-7,10,14,17H,3,8-9,11-13,15H2,1-2H3,(H2,33,34,36,37,38). The summed E-state index contributed by atoms with van der Waals surface area (Å²) >= 11 is 0. The lowest BCUT2D eigenvalue weighted by Gasteiger charge is -2.33. The number of hydrogen-bond donors (Lipinski definition) is 2. The molecule has 3 heterocycles. The Kier molecular flexibility index (Phi) is 9.18. The maximum atomic E-state index is 13.1.